The number of hydrogen-bond donors (Lipinski definition) is 0. The number of esters is 1. The summed E-state index contributed by atoms with van der Waals surface area (Å²) in [4.78, 5) is 23.5. The summed E-state index contributed by atoms with van der Waals surface area (Å²) in [6, 6.07) is 7.30. The molecule has 0 N–H and O–H groups in total. The lowest BCUT2D eigenvalue weighted by Gasteiger charge is -2.40. The van der Waals surface area contributed by atoms with Crippen LogP contribution < -0.4 is 0 Å². The number of benzene rings is 1. The molecule has 2 rings (SSSR count). The first-order valence-electron chi connectivity index (χ1n) is 5.95. The molecule has 4 heteroatoms. The van der Waals surface area contributed by atoms with Crippen molar-refractivity contribution in [2.24, 2.45) is 0 Å². The van der Waals surface area contributed by atoms with Crippen LogP contribution in [0.15, 0.2) is 24.3 Å². The maximum atomic E-state index is 12.3. The van der Waals surface area contributed by atoms with Gasteiger partial charge in [0.1, 0.15) is 6.42 Å². The maximum Gasteiger partial charge on any atom is 0.313 e. The molecule has 0 spiro atoms. The highest BCUT2D eigenvalue weighted by Crippen LogP contribution is 2.45. The number of ketones is 1. The minimum atomic E-state index is -0.501. The van der Waals surface area contributed by atoms with Gasteiger partial charge in [-0.25, -0.2) is 0 Å². The first-order chi connectivity index (χ1) is 8.58. The van der Waals surface area contributed by atoms with E-state index in [1.165, 1.54) is 7.11 Å². The molecular formula is C14H15ClO3. The molecule has 1 fully saturated rings. The van der Waals surface area contributed by atoms with Gasteiger partial charge in [0.25, 0.3) is 0 Å². The van der Waals surface area contributed by atoms with Crippen LogP contribution in [0.3, 0.4) is 0 Å². The first-order valence-corrected chi connectivity index (χ1v) is 6.32. The van der Waals surface area contributed by atoms with Crippen molar-refractivity contribution in [2.45, 2.75) is 31.1 Å². The summed E-state index contributed by atoms with van der Waals surface area (Å²) in [7, 11) is 1.30. The standard InChI is InChI=1S/C14H15ClO3/c1-18-13(17)9-12(16)14(7-2-8-14)10-3-5-11(15)6-4-10/h3-6H,2,7-9H2,1H3. The number of halogens is 1. The number of carbonyl (C=O) groups excluding carboxylic acids is 2. The van der Waals surface area contributed by atoms with Crippen LogP contribution in [0.25, 0.3) is 0 Å². The van der Waals surface area contributed by atoms with E-state index in [1.54, 1.807) is 12.1 Å². The third-order valence-electron chi connectivity index (χ3n) is 3.67. The van der Waals surface area contributed by atoms with Crippen molar-refractivity contribution < 1.29 is 14.3 Å². The van der Waals surface area contributed by atoms with Crippen LogP contribution in [0.2, 0.25) is 5.02 Å². The molecule has 0 heterocycles. The molecule has 1 aromatic rings. The molecule has 0 saturated heterocycles. The van der Waals surface area contributed by atoms with Crippen molar-refractivity contribution >= 4 is 23.4 Å². The van der Waals surface area contributed by atoms with Crippen LogP contribution in [0.5, 0.6) is 0 Å². The minimum absolute atomic E-state index is 0.0528. The summed E-state index contributed by atoms with van der Waals surface area (Å²) >= 11 is 5.85. The lowest BCUT2D eigenvalue weighted by atomic mass is 9.61. The van der Waals surface area contributed by atoms with E-state index in [9.17, 15) is 9.59 Å². The lowest BCUT2D eigenvalue weighted by molar-refractivity contribution is -0.145. The van der Waals surface area contributed by atoms with Gasteiger partial charge in [-0.1, -0.05) is 30.2 Å². The molecule has 1 aromatic carbocycles. The zero-order valence-corrected chi connectivity index (χ0v) is 11.0. The Bertz CT molecular complexity index is 460. The number of methoxy groups -OCH3 is 1. The predicted molar refractivity (Wildman–Crippen MR) is 68.6 cm³/mol. The fourth-order valence-electron chi connectivity index (χ4n) is 2.40. The first kappa shape index (κ1) is 13.1. The smallest absolute Gasteiger partial charge is 0.313 e. The van der Waals surface area contributed by atoms with Crippen molar-refractivity contribution in [2.75, 3.05) is 7.11 Å². The summed E-state index contributed by atoms with van der Waals surface area (Å²) in [5.41, 5.74) is 0.450. The monoisotopic (exact) mass is 266 g/mol. The molecule has 1 aliphatic carbocycles. The third-order valence-corrected chi connectivity index (χ3v) is 3.92. The largest absolute Gasteiger partial charge is 0.469 e. The normalized spacial score (nSPS) is 16.8. The Hall–Kier alpha value is -1.35. The number of hydrogen-bond acceptors (Lipinski definition) is 3. The summed E-state index contributed by atoms with van der Waals surface area (Å²) < 4.78 is 4.56. The van der Waals surface area contributed by atoms with Crippen LogP contribution in [0.4, 0.5) is 0 Å². The summed E-state index contributed by atoms with van der Waals surface area (Å²) in [5, 5.41) is 0.647. The Labute approximate surface area is 111 Å². The summed E-state index contributed by atoms with van der Waals surface area (Å²) in [6.07, 6.45) is 2.45. The average molecular weight is 267 g/mol. The zero-order chi connectivity index (χ0) is 13.2. The van der Waals surface area contributed by atoms with Gasteiger partial charge in [0, 0.05) is 5.02 Å². The van der Waals surface area contributed by atoms with Gasteiger partial charge in [-0.2, -0.15) is 0 Å². The highest BCUT2D eigenvalue weighted by atomic mass is 35.5. The Kier molecular flexibility index (Phi) is 3.71. The molecule has 3 nitrogen and oxygen atoms in total. The quantitative estimate of drug-likeness (QED) is 0.622. The number of ether oxygens (including phenoxy) is 1. The Morgan fingerprint density at radius 1 is 1.28 bits per heavy atom. The molecule has 0 bridgehead atoms. The van der Waals surface area contributed by atoms with Crippen LogP contribution in [-0.2, 0) is 19.7 Å². The van der Waals surface area contributed by atoms with Crippen LogP contribution >= 0.6 is 11.6 Å². The second kappa shape index (κ2) is 5.11. The van der Waals surface area contributed by atoms with Crippen LogP contribution in [0, 0.1) is 0 Å². The Morgan fingerprint density at radius 3 is 2.33 bits per heavy atom. The highest BCUT2D eigenvalue weighted by molar-refractivity contribution is 6.30. The molecular weight excluding hydrogens is 252 g/mol. The third kappa shape index (κ3) is 2.27. The fraction of sp³-hybridized carbons (Fsp3) is 0.429. The Balaban J connectivity index is 2.22. The van der Waals surface area contributed by atoms with E-state index in [0.29, 0.717) is 5.02 Å². The average Bonchev–Trinajstić information content (AvgIpc) is 2.30. The number of rotatable bonds is 4. The fourth-order valence-corrected chi connectivity index (χ4v) is 2.53. The lowest BCUT2D eigenvalue weighted by Crippen LogP contribution is -2.43. The molecule has 0 aromatic heterocycles. The van der Waals surface area contributed by atoms with E-state index in [2.05, 4.69) is 4.74 Å². The van der Waals surface area contributed by atoms with E-state index in [4.69, 9.17) is 11.6 Å². The highest BCUT2D eigenvalue weighted by Gasteiger charge is 2.45. The molecule has 96 valence electrons. The van der Waals surface area contributed by atoms with Crippen molar-refractivity contribution in [3.8, 4) is 0 Å². The van der Waals surface area contributed by atoms with E-state index in [1.807, 2.05) is 12.1 Å². The molecule has 0 aliphatic heterocycles. The van der Waals surface area contributed by atoms with E-state index in [0.717, 1.165) is 24.8 Å². The molecule has 0 radical (unpaired) electrons. The molecule has 1 saturated carbocycles. The topological polar surface area (TPSA) is 43.4 Å². The predicted octanol–water partition coefficient (Wildman–Crippen LogP) is 2.89. The SMILES string of the molecule is COC(=O)CC(=O)C1(c2ccc(Cl)cc2)CCC1. The van der Waals surface area contributed by atoms with Gasteiger partial charge < -0.3 is 4.74 Å². The van der Waals surface area contributed by atoms with Gasteiger partial charge in [0.2, 0.25) is 0 Å². The van der Waals surface area contributed by atoms with E-state index < -0.39 is 11.4 Å². The molecule has 0 atom stereocenters. The van der Waals surface area contributed by atoms with E-state index >= 15 is 0 Å². The second-order valence-corrected chi connectivity index (χ2v) is 5.06. The maximum absolute atomic E-state index is 12.3. The zero-order valence-electron chi connectivity index (χ0n) is 10.2. The van der Waals surface area contributed by atoms with Gasteiger partial charge in [-0.05, 0) is 30.5 Å². The van der Waals surface area contributed by atoms with Gasteiger partial charge in [-0.15, -0.1) is 0 Å². The Morgan fingerprint density at radius 2 is 1.89 bits per heavy atom. The van der Waals surface area contributed by atoms with Gasteiger partial charge in [-0.3, -0.25) is 9.59 Å². The second-order valence-electron chi connectivity index (χ2n) is 4.62. The molecule has 0 unspecified atom stereocenters. The molecule has 18 heavy (non-hydrogen) atoms. The summed E-state index contributed by atoms with van der Waals surface area (Å²) in [6.45, 7) is 0. The molecule has 1 aliphatic rings. The molecule has 0 amide bonds. The summed E-state index contributed by atoms with van der Waals surface area (Å²) in [5.74, 6) is -0.525. The van der Waals surface area contributed by atoms with Gasteiger partial charge >= 0.3 is 5.97 Å². The van der Waals surface area contributed by atoms with Crippen LogP contribution in [0.1, 0.15) is 31.2 Å². The van der Waals surface area contributed by atoms with Gasteiger partial charge in [0.15, 0.2) is 5.78 Å². The van der Waals surface area contributed by atoms with Crippen molar-refractivity contribution in [3.05, 3.63) is 34.9 Å². The minimum Gasteiger partial charge on any atom is -0.469 e. The number of Topliss-reactive ketones (excluding diaryl/α,β-unsaturated/α-hetero) is 1. The van der Waals surface area contributed by atoms with Gasteiger partial charge in [0.05, 0.1) is 12.5 Å². The van der Waals surface area contributed by atoms with E-state index in [-0.39, 0.29) is 12.2 Å². The number of carbonyl (C=O) groups is 2. The van der Waals surface area contributed by atoms with Crippen molar-refractivity contribution in [1.29, 1.82) is 0 Å². The van der Waals surface area contributed by atoms with Crippen molar-refractivity contribution in [1.82, 2.24) is 0 Å². The van der Waals surface area contributed by atoms with Crippen LogP contribution in [-0.4, -0.2) is 18.9 Å². The van der Waals surface area contributed by atoms with Crippen molar-refractivity contribution in [3.63, 3.8) is 0 Å².